The van der Waals surface area contributed by atoms with Crippen LogP contribution in [0.3, 0.4) is 0 Å². The highest BCUT2D eigenvalue weighted by Crippen LogP contribution is 2.47. The van der Waals surface area contributed by atoms with Crippen molar-refractivity contribution >= 4 is 97.1 Å². The van der Waals surface area contributed by atoms with Crippen molar-refractivity contribution in [2.75, 3.05) is 0 Å². The Balaban J connectivity index is 1.12. The van der Waals surface area contributed by atoms with Crippen LogP contribution in [0, 0.1) is 0 Å². The van der Waals surface area contributed by atoms with Crippen molar-refractivity contribution in [2.24, 2.45) is 0 Å². The first kappa shape index (κ1) is 35.2. The predicted molar refractivity (Wildman–Crippen MR) is 265 cm³/mol. The third kappa shape index (κ3) is 5.04. The zero-order chi connectivity index (χ0) is 41.9. The number of aromatic nitrogens is 5. The molecule has 0 unspecified atom stereocenters. The molecule has 64 heavy (non-hydrogen) atoms. The van der Waals surface area contributed by atoms with Gasteiger partial charge in [0.2, 0.25) is 0 Å². The van der Waals surface area contributed by atoms with Gasteiger partial charge in [-0.15, -0.1) is 11.3 Å². The number of para-hydroxylation sites is 4. The molecule has 0 N–H and O–H groups in total. The molecule has 298 valence electrons. The summed E-state index contributed by atoms with van der Waals surface area (Å²) in [6, 6.07) is 70.5. The van der Waals surface area contributed by atoms with Gasteiger partial charge in [-0.2, -0.15) is 0 Å². The van der Waals surface area contributed by atoms with E-state index in [9.17, 15) is 0 Å². The summed E-state index contributed by atoms with van der Waals surface area (Å²) in [6.45, 7) is 0. The van der Waals surface area contributed by atoms with E-state index in [0.717, 1.165) is 77.3 Å². The number of thiophene rings is 1. The van der Waals surface area contributed by atoms with Crippen molar-refractivity contribution < 1.29 is 4.42 Å². The fourth-order valence-electron chi connectivity index (χ4n) is 9.98. The highest BCUT2D eigenvalue weighted by Gasteiger charge is 2.26. The summed E-state index contributed by atoms with van der Waals surface area (Å²) in [4.78, 5) is 15.6. The van der Waals surface area contributed by atoms with Gasteiger partial charge >= 0.3 is 0 Å². The van der Waals surface area contributed by atoms with Crippen molar-refractivity contribution in [1.29, 1.82) is 0 Å². The largest absolute Gasteiger partial charge is 0.452 e. The lowest BCUT2D eigenvalue weighted by Gasteiger charge is -2.15. The molecule has 6 nitrogen and oxygen atoms in total. The number of hydrogen-bond acceptors (Lipinski definition) is 5. The van der Waals surface area contributed by atoms with E-state index >= 15 is 0 Å². The van der Waals surface area contributed by atoms with E-state index in [4.69, 9.17) is 19.4 Å². The Labute approximate surface area is 369 Å². The van der Waals surface area contributed by atoms with Gasteiger partial charge in [-0.3, -0.25) is 0 Å². The van der Waals surface area contributed by atoms with Crippen LogP contribution in [0.4, 0.5) is 0 Å². The number of furan rings is 1. The second kappa shape index (κ2) is 13.6. The predicted octanol–water partition coefficient (Wildman–Crippen LogP) is 15.3. The van der Waals surface area contributed by atoms with E-state index in [2.05, 4.69) is 149 Å². The Hall–Kier alpha value is -8.39. The monoisotopic (exact) mass is 835 g/mol. The Morgan fingerprint density at radius 3 is 1.53 bits per heavy atom. The fraction of sp³-hybridized carbons (Fsp3) is 0. The Morgan fingerprint density at radius 1 is 0.359 bits per heavy atom. The summed E-state index contributed by atoms with van der Waals surface area (Å²) in [7, 11) is 0. The molecule has 0 aliphatic heterocycles. The Morgan fingerprint density at radius 2 is 0.859 bits per heavy atom. The van der Waals surface area contributed by atoms with Crippen molar-refractivity contribution in [3.63, 3.8) is 0 Å². The maximum Gasteiger partial charge on any atom is 0.166 e. The molecule has 0 fully saturated rings. The second-order valence-corrected chi connectivity index (χ2v) is 17.3. The van der Waals surface area contributed by atoms with Crippen LogP contribution in [0.5, 0.6) is 0 Å². The molecule has 0 amide bonds. The maximum absolute atomic E-state index is 7.51. The molecule has 0 radical (unpaired) electrons. The van der Waals surface area contributed by atoms with Crippen LogP contribution < -0.4 is 0 Å². The zero-order valence-corrected chi connectivity index (χ0v) is 34.9. The minimum absolute atomic E-state index is 0.557. The van der Waals surface area contributed by atoms with Gasteiger partial charge in [-0.05, 0) is 42.5 Å². The summed E-state index contributed by atoms with van der Waals surface area (Å²) in [6.07, 6.45) is 0. The van der Waals surface area contributed by atoms with Crippen LogP contribution >= 0.6 is 11.3 Å². The molecule has 0 aliphatic rings. The van der Waals surface area contributed by atoms with Crippen LogP contribution in [0.2, 0.25) is 0 Å². The summed E-state index contributed by atoms with van der Waals surface area (Å²) in [5, 5.41) is 9.30. The van der Waals surface area contributed by atoms with Crippen LogP contribution in [0.1, 0.15) is 0 Å². The van der Waals surface area contributed by atoms with Crippen molar-refractivity contribution in [2.45, 2.75) is 0 Å². The molecule has 0 atom stereocenters. The Bertz CT molecular complexity index is 4090. The molecule has 0 aliphatic carbocycles. The van der Waals surface area contributed by atoms with Gasteiger partial charge in [0.05, 0.1) is 32.5 Å². The molecule has 0 spiro atoms. The van der Waals surface area contributed by atoms with E-state index in [1.54, 1.807) is 0 Å². The summed E-state index contributed by atoms with van der Waals surface area (Å²) in [5.41, 5.74) is 10.5. The normalized spacial score (nSPS) is 12.1. The molecular formula is C57H33N5OS. The van der Waals surface area contributed by atoms with Crippen LogP contribution in [0.25, 0.3) is 131 Å². The van der Waals surface area contributed by atoms with Crippen molar-refractivity contribution in [1.82, 2.24) is 24.1 Å². The third-order valence-electron chi connectivity index (χ3n) is 12.8. The molecule has 9 aromatic carbocycles. The number of nitrogens with zero attached hydrogens (tertiary/aromatic N) is 5. The standard InChI is InChI=1S/C57H33N5OS/c1-3-16-34(17-4-1)55-58-56(35-18-5-2-6-19-35)60-57(59-55)44-33-31-42-41-24-15-28-48(52(41)63-53(42)50(44)61-45-25-11-7-20-36(45)37-21-8-12-26-46(37)61)62-47-27-13-9-22-38(47)40-30-32-43-39-23-10-14-29-49(39)64-54(43)51(40)62/h1-33H. The summed E-state index contributed by atoms with van der Waals surface area (Å²) in [5.74, 6) is 1.76. The van der Waals surface area contributed by atoms with E-state index in [-0.39, 0.29) is 0 Å². The third-order valence-corrected chi connectivity index (χ3v) is 14.0. The quantitative estimate of drug-likeness (QED) is 0.173. The molecule has 0 saturated carbocycles. The first-order valence-electron chi connectivity index (χ1n) is 21.4. The maximum atomic E-state index is 7.51. The van der Waals surface area contributed by atoms with Crippen LogP contribution in [0.15, 0.2) is 205 Å². The van der Waals surface area contributed by atoms with Gasteiger partial charge in [0, 0.05) is 64.5 Å². The zero-order valence-electron chi connectivity index (χ0n) is 34.1. The Kier molecular flexibility index (Phi) is 7.46. The lowest BCUT2D eigenvalue weighted by Crippen LogP contribution is -2.04. The first-order valence-corrected chi connectivity index (χ1v) is 22.3. The summed E-state index contributed by atoms with van der Waals surface area (Å²) >= 11 is 1.85. The van der Waals surface area contributed by atoms with Gasteiger partial charge in [0.15, 0.2) is 28.6 Å². The number of fused-ring (bicyclic) bond motifs is 13. The van der Waals surface area contributed by atoms with Gasteiger partial charge in [0.1, 0.15) is 5.69 Å². The van der Waals surface area contributed by atoms with Crippen LogP contribution in [-0.4, -0.2) is 24.1 Å². The van der Waals surface area contributed by atoms with Gasteiger partial charge < -0.3 is 13.6 Å². The number of benzene rings is 9. The lowest BCUT2D eigenvalue weighted by molar-refractivity contribution is 0.664. The molecular weight excluding hydrogens is 803 g/mol. The average molecular weight is 836 g/mol. The molecule has 14 rings (SSSR count). The lowest BCUT2D eigenvalue weighted by atomic mass is 10.1. The number of rotatable bonds is 5. The highest BCUT2D eigenvalue weighted by atomic mass is 32.1. The van der Waals surface area contributed by atoms with E-state index in [0.29, 0.717) is 17.5 Å². The molecule has 0 bridgehead atoms. The molecule has 5 heterocycles. The topological polar surface area (TPSA) is 61.7 Å². The van der Waals surface area contributed by atoms with Crippen molar-refractivity contribution in [3.8, 4) is 45.5 Å². The van der Waals surface area contributed by atoms with E-state index < -0.39 is 0 Å². The average Bonchev–Trinajstić information content (AvgIpc) is 4.12. The summed E-state index contributed by atoms with van der Waals surface area (Å²) < 4.78 is 14.8. The van der Waals surface area contributed by atoms with Crippen molar-refractivity contribution in [3.05, 3.63) is 200 Å². The highest BCUT2D eigenvalue weighted by molar-refractivity contribution is 7.26. The van der Waals surface area contributed by atoms with E-state index in [1.807, 2.05) is 72.0 Å². The van der Waals surface area contributed by atoms with E-state index in [1.165, 1.54) is 36.5 Å². The molecule has 14 aromatic rings. The van der Waals surface area contributed by atoms with Gasteiger partial charge in [0.25, 0.3) is 0 Å². The SMILES string of the molecule is c1ccc(-c2nc(-c3ccccc3)nc(-c3ccc4c(oc5c(-n6c7ccccc7c7ccc8c9ccccc9sc8c76)cccc54)c3-n3c4ccccc4c4ccccc43)n2)cc1. The molecule has 5 aromatic heterocycles. The van der Waals surface area contributed by atoms with Gasteiger partial charge in [-0.25, -0.2) is 15.0 Å². The minimum Gasteiger partial charge on any atom is -0.452 e. The molecule has 0 saturated heterocycles. The smallest absolute Gasteiger partial charge is 0.166 e. The fourth-order valence-corrected chi connectivity index (χ4v) is 11.2. The molecule has 7 heteroatoms. The van der Waals surface area contributed by atoms with Gasteiger partial charge in [-0.1, -0.05) is 158 Å². The first-order chi connectivity index (χ1) is 31.8. The number of hydrogen-bond donors (Lipinski definition) is 0. The minimum atomic E-state index is 0.557. The van der Waals surface area contributed by atoms with Crippen LogP contribution in [-0.2, 0) is 0 Å². The second-order valence-electron chi connectivity index (χ2n) is 16.3.